The van der Waals surface area contributed by atoms with Gasteiger partial charge in [0.15, 0.2) is 5.69 Å². The van der Waals surface area contributed by atoms with Gasteiger partial charge in [0.1, 0.15) is 6.61 Å². The summed E-state index contributed by atoms with van der Waals surface area (Å²) in [6.45, 7) is 11.4. The van der Waals surface area contributed by atoms with Crippen LogP contribution in [-0.2, 0) is 16.0 Å². The molecule has 19 heavy (non-hydrogen) atoms. The molecule has 0 unspecified atom stereocenters. The average molecular weight is 267 g/mol. The van der Waals surface area contributed by atoms with Crippen molar-refractivity contribution in [2.75, 3.05) is 19.8 Å². The van der Waals surface area contributed by atoms with Crippen molar-refractivity contribution in [2.24, 2.45) is 5.92 Å². The van der Waals surface area contributed by atoms with E-state index in [4.69, 9.17) is 9.47 Å². The number of hydrogen-bond donors (Lipinski definition) is 0. The number of carbonyl (C=O) groups excluding carboxylic acids is 1. The normalized spacial score (nSPS) is 10.7. The Morgan fingerprint density at radius 1 is 1.53 bits per heavy atom. The SMILES string of the molecule is C=CCOC(=O)c1nnn(CCOCC(C)C)c1C. The number of carbonyl (C=O) groups is 1. The van der Waals surface area contributed by atoms with Gasteiger partial charge in [0, 0.05) is 6.61 Å². The minimum atomic E-state index is -0.480. The maximum Gasteiger partial charge on any atom is 0.361 e. The van der Waals surface area contributed by atoms with Gasteiger partial charge in [-0.3, -0.25) is 0 Å². The maximum atomic E-state index is 11.6. The van der Waals surface area contributed by atoms with E-state index in [0.29, 0.717) is 31.4 Å². The monoisotopic (exact) mass is 267 g/mol. The van der Waals surface area contributed by atoms with Crippen LogP contribution in [-0.4, -0.2) is 40.8 Å². The predicted molar refractivity (Wildman–Crippen MR) is 70.9 cm³/mol. The molecule has 0 fully saturated rings. The third-order valence-corrected chi connectivity index (χ3v) is 2.41. The largest absolute Gasteiger partial charge is 0.457 e. The van der Waals surface area contributed by atoms with E-state index in [1.165, 1.54) is 6.08 Å². The van der Waals surface area contributed by atoms with Crippen molar-refractivity contribution in [1.29, 1.82) is 0 Å². The highest BCUT2D eigenvalue weighted by Crippen LogP contribution is 2.05. The minimum Gasteiger partial charge on any atom is -0.457 e. The third-order valence-electron chi connectivity index (χ3n) is 2.41. The summed E-state index contributed by atoms with van der Waals surface area (Å²) in [4.78, 5) is 11.6. The third kappa shape index (κ3) is 4.82. The van der Waals surface area contributed by atoms with Crippen LogP contribution in [0.1, 0.15) is 30.0 Å². The zero-order chi connectivity index (χ0) is 14.3. The lowest BCUT2D eigenvalue weighted by Gasteiger charge is -2.07. The van der Waals surface area contributed by atoms with Gasteiger partial charge in [0.25, 0.3) is 0 Å². The van der Waals surface area contributed by atoms with E-state index in [1.807, 2.05) is 0 Å². The summed E-state index contributed by atoms with van der Waals surface area (Å²) < 4.78 is 12.0. The highest BCUT2D eigenvalue weighted by molar-refractivity contribution is 5.88. The summed E-state index contributed by atoms with van der Waals surface area (Å²) in [6.07, 6.45) is 1.51. The van der Waals surface area contributed by atoms with Gasteiger partial charge in [-0.15, -0.1) is 5.10 Å². The first-order chi connectivity index (χ1) is 9.06. The number of esters is 1. The van der Waals surface area contributed by atoms with Gasteiger partial charge < -0.3 is 9.47 Å². The Kier molecular flexibility index (Phi) is 6.21. The first-order valence-corrected chi connectivity index (χ1v) is 6.32. The van der Waals surface area contributed by atoms with Crippen LogP contribution in [0.3, 0.4) is 0 Å². The van der Waals surface area contributed by atoms with Gasteiger partial charge in [-0.1, -0.05) is 31.7 Å². The van der Waals surface area contributed by atoms with Gasteiger partial charge >= 0.3 is 5.97 Å². The molecule has 0 aromatic carbocycles. The van der Waals surface area contributed by atoms with Crippen molar-refractivity contribution in [3.63, 3.8) is 0 Å². The van der Waals surface area contributed by atoms with Crippen molar-refractivity contribution in [3.05, 3.63) is 24.0 Å². The summed E-state index contributed by atoms with van der Waals surface area (Å²) in [5.41, 5.74) is 0.924. The number of ether oxygens (including phenoxy) is 2. The second-order valence-corrected chi connectivity index (χ2v) is 4.60. The number of rotatable bonds is 8. The first kappa shape index (κ1) is 15.4. The molecule has 0 radical (unpaired) electrons. The maximum absolute atomic E-state index is 11.6. The Bertz CT molecular complexity index is 427. The Morgan fingerprint density at radius 2 is 2.26 bits per heavy atom. The average Bonchev–Trinajstić information content (AvgIpc) is 2.73. The second kappa shape index (κ2) is 7.68. The van der Waals surface area contributed by atoms with Crippen molar-refractivity contribution >= 4 is 5.97 Å². The fraction of sp³-hybridized carbons (Fsp3) is 0.615. The van der Waals surface area contributed by atoms with Gasteiger partial charge in [-0.25, -0.2) is 9.48 Å². The Hall–Kier alpha value is -1.69. The molecule has 1 aromatic heterocycles. The molecule has 106 valence electrons. The highest BCUT2D eigenvalue weighted by Gasteiger charge is 2.17. The quantitative estimate of drug-likeness (QED) is 0.406. The predicted octanol–water partition coefficient (Wildman–Crippen LogP) is 1.60. The molecule has 1 heterocycles. The van der Waals surface area contributed by atoms with Crippen LogP contribution in [0.5, 0.6) is 0 Å². The molecular formula is C13H21N3O3. The smallest absolute Gasteiger partial charge is 0.361 e. The van der Waals surface area contributed by atoms with Gasteiger partial charge in [-0.05, 0) is 12.8 Å². The Morgan fingerprint density at radius 3 is 2.89 bits per heavy atom. The van der Waals surface area contributed by atoms with E-state index >= 15 is 0 Å². The van der Waals surface area contributed by atoms with Crippen LogP contribution < -0.4 is 0 Å². The van der Waals surface area contributed by atoms with Crippen molar-refractivity contribution < 1.29 is 14.3 Å². The van der Waals surface area contributed by atoms with Crippen molar-refractivity contribution in [1.82, 2.24) is 15.0 Å². The van der Waals surface area contributed by atoms with Gasteiger partial charge in [0.2, 0.25) is 0 Å². The lowest BCUT2D eigenvalue weighted by Crippen LogP contribution is -2.12. The van der Waals surface area contributed by atoms with Gasteiger partial charge in [0.05, 0.1) is 18.8 Å². The zero-order valence-corrected chi connectivity index (χ0v) is 11.8. The lowest BCUT2D eigenvalue weighted by atomic mass is 10.2. The van der Waals surface area contributed by atoms with Crippen LogP contribution >= 0.6 is 0 Å². The molecule has 0 aliphatic carbocycles. The molecule has 0 aliphatic rings. The fourth-order valence-electron chi connectivity index (χ4n) is 1.43. The van der Waals surface area contributed by atoms with Crippen LogP contribution in [0.2, 0.25) is 0 Å². The summed E-state index contributed by atoms with van der Waals surface area (Å²) in [5.74, 6) is 0.0213. The summed E-state index contributed by atoms with van der Waals surface area (Å²) in [7, 11) is 0. The topological polar surface area (TPSA) is 66.2 Å². The Balaban J connectivity index is 2.50. The molecule has 0 atom stereocenters. The van der Waals surface area contributed by atoms with Crippen LogP contribution in [0.25, 0.3) is 0 Å². The lowest BCUT2D eigenvalue weighted by molar-refractivity contribution is 0.0541. The van der Waals surface area contributed by atoms with E-state index < -0.39 is 5.97 Å². The minimum absolute atomic E-state index is 0.169. The van der Waals surface area contributed by atoms with Crippen molar-refractivity contribution in [2.45, 2.75) is 27.3 Å². The molecule has 0 N–H and O–H groups in total. The van der Waals surface area contributed by atoms with Gasteiger partial charge in [-0.2, -0.15) is 0 Å². The Labute approximate surface area is 113 Å². The van der Waals surface area contributed by atoms with E-state index in [2.05, 4.69) is 30.7 Å². The molecule has 0 amide bonds. The molecular weight excluding hydrogens is 246 g/mol. The first-order valence-electron chi connectivity index (χ1n) is 6.32. The van der Waals surface area contributed by atoms with Crippen LogP contribution in [0.15, 0.2) is 12.7 Å². The number of hydrogen-bond acceptors (Lipinski definition) is 5. The van der Waals surface area contributed by atoms with Crippen LogP contribution in [0.4, 0.5) is 0 Å². The molecule has 6 heteroatoms. The highest BCUT2D eigenvalue weighted by atomic mass is 16.5. The fourth-order valence-corrected chi connectivity index (χ4v) is 1.43. The van der Waals surface area contributed by atoms with E-state index in [9.17, 15) is 4.79 Å². The number of aromatic nitrogens is 3. The molecule has 1 aromatic rings. The van der Waals surface area contributed by atoms with Crippen LogP contribution in [0, 0.1) is 12.8 Å². The summed E-state index contributed by atoms with van der Waals surface area (Å²) in [5, 5.41) is 7.75. The summed E-state index contributed by atoms with van der Waals surface area (Å²) in [6, 6.07) is 0. The molecule has 0 aliphatic heterocycles. The zero-order valence-electron chi connectivity index (χ0n) is 11.8. The number of nitrogens with zero attached hydrogens (tertiary/aromatic N) is 3. The molecule has 0 bridgehead atoms. The standard InChI is InChI=1S/C13H21N3O3/c1-5-7-19-13(17)12-11(4)16(15-14-12)6-8-18-9-10(2)3/h5,10H,1,6-9H2,2-4H3. The second-order valence-electron chi connectivity index (χ2n) is 4.60. The molecule has 0 saturated heterocycles. The van der Waals surface area contributed by atoms with E-state index in [0.717, 1.165) is 0 Å². The molecule has 6 nitrogen and oxygen atoms in total. The molecule has 1 rings (SSSR count). The van der Waals surface area contributed by atoms with E-state index in [-0.39, 0.29) is 12.3 Å². The van der Waals surface area contributed by atoms with Crippen molar-refractivity contribution in [3.8, 4) is 0 Å². The van der Waals surface area contributed by atoms with E-state index in [1.54, 1.807) is 11.6 Å². The summed E-state index contributed by atoms with van der Waals surface area (Å²) >= 11 is 0. The molecule has 0 saturated carbocycles. The molecule has 0 spiro atoms.